The quantitative estimate of drug-likeness (QED) is 0.655. The van der Waals surface area contributed by atoms with Gasteiger partial charge in [0, 0.05) is 19.2 Å². The van der Waals surface area contributed by atoms with Gasteiger partial charge < -0.3 is 15.4 Å². The van der Waals surface area contributed by atoms with E-state index in [9.17, 15) is 4.79 Å². The van der Waals surface area contributed by atoms with E-state index in [0.29, 0.717) is 24.7 Å². The minimum Gasteiger partial charge on any atom is -0.444 e. The molecule has 0 aliphatic heterocycles. The SMILES string of the molecule is Cc1nc(Br)cc(NCCNC(=O)OC(C)(C)C)n1. The van der Waals surface area contributed by atoms with Crippen molar-refractivity contribution in [3.05, 3.63) is 16.5 Å². The van der Waals surface area contributed by atoms with Crippen molar-refractivity contribution >= 4 is 27.8 Å². The Hall–Kier alpha value is -1.37. The molecule has 0 radical (unpaired) electrons. The monoisotopic (exact) mass is 330 g/mol. The number of carbonyl (C=O) groups is 1. The lowest BCUT2D eigenvalue weighted by Gasteiger charge is -2.19. The Morgan fingerprint density at radius 2 is 2.05 bits per heavy atom. The van der Waals surface area contributed by atoms with E-state index in [-0.39, 0.29) is 0 Å². The fourth-order valence-electron chi connectivity index (χ4n) is 1.29. The van der Waals surface area contributed by atoms with Crippen molar-refractivity contribution in [2.75, 3.05) is 18.4 Å². The van der Waals surface area contributed by atoms with E-state index in [2.05, 4.69) is 36.5 Å². The number of rotatable bonds is 4. The highest BCUT2D eigenvalue weighted by Gasteiger charge is 2.15. The summed E-state index contributed by atoms with van der Waals surface area (Å²) in [6.45, 7) is 8.30. The predicted molar refractivity (Wildman–Crippen MR) is 77.2 cm³/mol. The molecule has 1 heterocycles. The average molecular weight is 331 g/mol. The number of halogens is 1. The second-order valence-corrected chi connectivity index (χ2v) is 5.79. The normalized spacial score (nSPS) is 11.0. The molecule has 1 amide bonds. The molecule has 0 spiro atoms. The summed E-state index contributed by atoms with van der Waals surface area (Å²) in [5.41, 5.74) is -0.480. The fourth-order valence-corrected chi connectivity index (χ4v) is 1.76. The van der Waals surface area contributed by atoms with Crippen molar-refractivity contribution in [2.45, 2.75) is 33.3 Å². The van der Waals surface area contributed by atoms with Crippen LogP contribution in [0, 0.1) is 6.92 Å². The number of carbonyl (C=O) groups excluding carboxylic acids is 1. The Bertz CT molecular complexity index is 426. The maximum Gasteiger partial charge on any atom is 0.407 e. The van der Waals surface area contributed by atoms with Crippen LogP contribution in [0.2, 0.25) is 0 Å². The summed E-state index contributed by atoms with van der Waals surface area (Å²) in [7, 11) is 0. The first-order chi connectivity index (χ1) is 8.76. The molecule has 1 rings (SSSR count). The lowest BCUT2D eigenvalue weighted by Crippen LogP contribution is -2.35. The second-order valence-electron chi connectivity index (χ2n) is 4.98. The summed E-state index contributed by atoms with van der Waals surface area (Å²) in [5.74, 6) is 1.39. The first-order valence-corrected chi connectivity index (χ1v) is 6.77. The molecule has 19 heavy (non-hydrogen) atoms. The third-order valence-electron chi connectivity index (χ3n) is 1.91. The molecule has 0 saturated carbocycles. The van der Waals surface area contributed by atoms with Crippen molar-refractivity contribution in [2.24, 2.45) is 0 Å². The lowest BCUT2D eigenvalue weighted by molar-refractivity contribution is 0.0530. The van der Waals surface area contributed by atoms with Gasteiger partial charge in [-0.25, -0.2) is 14.8 Å². The van der Waals surface area contributed by atoms with E-state index >= 15 is 0 Å². The van der Waals surface area contributed by atoms with Gasteiger partial charge in [-0.3, -0.25) is 0 Å². The zero-order valence-electron chi connectivity index (χ0n) is 11.6. The van der Waals surface area contributed by atoms with Gasteiger partial charge in [-0.15, -0.1) is 0 Å². The number of aryl methyl sites for hydroxylation is 1. The molecule has 7 heteroatoms. The number of aromatic nitrogens is 2. The number of hydrogen-bond donors (Lipinski definition) is 2. The molecule has 0 aromatic carbocycles. The molecule has 0 unspecified atom stereocenters. The van der Waals surface area contributed by atoms with Crippen LogP contribution >= 0.6 is 15.9 Å². The molecule has 0 bridgehead atoms. The topological polar surface area (TPSA) is 76.1 Å². The maximum absolute atomic E-state index is 11.4. The Morgan fingerprint density at radius 3 is 2.63 bits per heavy atom. The first-order valence-electron chi connectivity index (χ1n) is 5.98. The van der Waals surface area contributed by atoms with Crippen molar-refractivity contribution in [1.82, 2.24) is 15.3 Å². The molecule has 1 aromatic heterocycles. The average Bonchev–Trinajstić information content (AvgIpc) is 2.20. The van der Waals surface area contributed by atoms with Crippen LogP contribution in [0.15, 0.2) is 10.7 Å². The molecule has 2 N–H and O–H groups in total. The Morgan fingerprint density at radius 1 is 1.37 bits per heavy atom. The van der Waals surface area contributed by atoms with Gasteiger partial charge in [0.2, 0.25) is 0 Å². The molecule has 1 aromatic rings. The van der Waals surface area contributed by atoms with Crippen molar-refractivity contribution in [1.29, 1.82) is 0 Å². The molecule has 0 saturated heterocycles. The van der Waals surface area contributed by atoms with Gasteiger partial charge in [0.25, 0.3) is 0 Å². The zero-order valence-corrected chi connectivity index (χ0v) is 13.2. The maximum atomic E-state index is 11.4. The van der Waals surface area contributed by atoms with Crippen LogP contribution in [-0.4, -0.2) is 34.8 Å². The number of nitrogens with zero attached hydrogens (tertiary/aromatic N) is 2. The van der Waals surface area contributed by atoms with Crippen LogP contribution in [0.3, 0.4) is 0 Å². The van der Waals surface area contributed by atoms with E-state index in [4.69, 9.17) is 4.74 Å². The van der Waals surface area contributed by atoms with Crippen molar-refractivity contribution in [3.8, 4) is 0 Å². The largest absolute Gasteiger partial charge is 0.444 e. The highest BCUT2D eigenvalue weighted by atomic mass is 79.9. The molecule has 106 valence electrons. The number of anilines is 1. The Kier molecular flexibility index (Phi) is 5.53. The number of nitrogens with one attached hydrogen (secondary N) is 2. The summed E-state index contributed by atoms with van der Waals surface area (Å²) < 4.78 is 5.84. The minimum absolute atomic E-state index is 0.422. The molecule has 0 aliphatic rings. The minimum atomic E-state index is -0.480. The van der Waals surface area contributed by atoms with Gasteiger partial charge in [0.15, 0.2) is 0 Å². The molecule has 0 aliphatic carbocycles. The van der Waals surface area contributed by atoms with Crippen LogP contribution in [0.4, 0.5) is 10.6 Å². The molecular weight excluding hydrogens is 312 g/mol. The van der Waals surface area contributed by atoms with Gasteiger partial charge in [0.1, 0.15) is 21.8 Å². The van der Waals surface area contributed by atoms with Crippen LogP contribution in [-0.2, 0) is 4.74 Å². The summed E-state index contributed by atoms with van der Waals surface area (Å²) >= 11 is 3.30. The van der Waals surface area contributed by atoms with E-state index < -0.39 is 11.7 Å². The Labute approximate surface area is 121 Å². The van der Waals surface area contributed by atoms with Crippen LogP contribution < -0.4 is 10.6 Å². The number of hydrogen-bond acceptors (Lipinski definition) is 5. The molecular formula is C12H19BrN4O2. The summed E-state index contributed by atoms with van der Waals surface area (Å²) in [6, 6.07) is 1.78. The van der Waals surface area contributed by atoms with Crippen LogP contribution in [0.1, 0.15) is 26.6 Å². The smallest absolute Gasteiger partial charge is 0.407 e. The van der Waals surface area contributed by atoms with Crippen molar-refractivity contribution < 1.29 is 9.53 Å². The highest BCUT2D eigenvalue weighted by Crippen LogP contribution is 2.11. The number of amides is 1. The van der Waals surface area contributed by atoms with Crippen LogP contribution in [0.5, 0.6) is 0 Å². The van der Waals surface area contributed by atoms with Gasteiger partial charge in [0.05, 0.1) is 0 Å². The van der Waals surface area contributed by atoms with Gasteiger partial charge >= 0.3 is 6.09 Å². The molecule has 0 fully saturated rings. The van der Waals surface area contributed by atoms with Crippen molar-refractivity contribution in [3.63, 3.8) is 0 Å². The fraction of sp³-hybridized carbons (Fsp3) is 0.583. The zero-order chi connectivity index (χ0) is 14.5. The van der Waals surface area contributed by atoms with E-state index in [0.717, 1.165) is 4.60 Å². The van der Waals surface area contributed by atoms with E-state index in [1.807, 2.05) is 27.7 Å². The third kappa shape index (κ3) is 6.95. The first kappa shape index (κ1) is 15.7. The van der Waals surface area contributed by atoms with Crippen LogP contribution in [0.25, 0.3) is 0 Å². The second kappa shape index (κ2) is 6.70. The third-order valence-corrected chi connectivity index (χ3v) is 2.31. The van der Waals surface area contributed by atoms with Gasteiger partial charge in [-0.2, -0.15) is 0 Å². The lowest BCUT2D eigenvalue weighted by atomic mass is 10.2. The number of ether oxygens (including phenoxy) is 1. The molecule has 6 nitrogen and oxygen atoms in total. The Balaban J connectivity index is 2.29. The standard InChI is InChI=1S/C12H19BrN4O2/c1-8-16-9(13)7-10(17-8)14-5-6-15-11(18)19-12(2,3)4/h7H,5-6H2,1-4H3,(H,15,18)(H,14,16,17). The van der Waals surface area contributed by atoms with Gasteiger partial charge in [-0.1, -0.05) is 0 Å². The highest BCUT2D eigenvalue weighted by molar-refractivity contribution is 9.10. The summed E-state index contributed by atoms with van der Waals surface area (Å²) in [5, 5.41) is 5.75. The predicted octanol–water partition coefficient (Wildman–Crippen LogP) is 2.48. The summed E-state index contributed by atoms with van der Waals surface area (Å²) in [6.07, 6.45) is -0.422. The summed E-state index contributed by atoms with van der Waals surface area (Å²) in [4.78, 5) is 19.7. The molecule has 0 atom stereocenters. The van der Waals surface area contributed by atoms with Gasteiger partial charge in [-0.05, 0) is 43.6 Å². The van der Waals surface area contributed by atoms with E-state index in [1.54, 1.807) is 6.07 Å². The van der Waals surface area contributed by atoms with E-state index in [1.165, 1.54) is 0 Å². The number of alkyl carbamates (subject to hydrolysis) is 1.